The second-order valence-corrected chi connectivity index (χ2v) is 7.02. The molecule has 7 heteroatoms. The summed E-state index contributed by atoms with van der Waals surface area (Å²) in [5, 5.41) is 18.9. The summed E-state index contributed by atoms with van der Waals surface area (Å²) in [7, 11) is 0. The predicted octanol–water partition coefficient (Wildman–Crippen LogP) is 1.44. The topological polar surface area (TPSA) is 81.1 Å². The van der Waals surface area contributed by atoms with Crippen molar-refractivity contribution < 1.29 is 19.8 Å². The Morgan fingerprint density at radius 1 is 1.33 bits per heavy atom. The average Bonchev–Trinajstić information content (AvgIpc) is 2.90. The van der Waals surface area contributed by atoms with E-state index in [1.807, 2.05) is 6.92 Å². The first-order valence-corrected chi connectivity index (χ1v) is 8.60. The largest absolute Gasteiger partial charge is 0.480 e. The van der Waals surface area contributed by atoms with Crippen LogP contribution in [0.5, 0.6) is 0 Å². The molecule has 0 aliphatic carbocycles. The van der Waals surface area contributed by atoms with Gasteiger partial charge in [0.25, 0.3) is 0 Å². The van der Waals surface area contributed by atoms with Crippen LogP contribution in [-0.2, 0) is 4.79 Å². The molecule has 0 aromatic rings. The summed E-state index contributed by atoms with van der Waals surface area (Å²) >= 11 is 1.54. The number of urea groups is 1. The molecule has 2 amide bonds. The monoisotopic (exact) mass is 316 g/mol. The summed E-state index contributed by atoms with van der Waals surface area (Å²) in [5.41, 5.74) is 0. The normalized spacial score (nSPS) is 28.7. The van der Waals surface area contributed by atoms with Crippen molar-refractivity contribution in [3.8, 4) is 0 Å². The molecule has 6 nitrogen and oxygen atoms in total. The quantitative estimate of drug-likeness (QED) is 0.823. The van der Waals surface area contributed by atoms with E-state index in [-0.39, 0.29) is 23.4 Å². The zero-order chi connectivity index (χ0) is 15.6. The molecule has 3 unspecified atom stereocenters. The van der Waals surface area contributed by atoms with E-state index < -0.39 is 12.0 Å². The molecule has 0 radical (unpaired) electrons. The minimum atomic E-state index is -0.925. The van der Waals surface area contributed by atoms with E-state index in [1.54, 1.807) is 23.6 Å². The summed E-state index contributed by atoms with van der Waals surface area (Å²) in [5.74, 6) is -0.228. The number of nitrogens with zero attached hydrogens (tertiary/aromatic N) is 2. The number of aliphatic carboxylic acids is 1. The van der Waals surface area contributed by atoms with Crippen molar-refractivity contribution in [1.82, 2.24) is 9.80 Å². The van der Waals surface area contributed by atoms with Gasteiger partial charge in [-0.1, -0.05) is 6.92 Å². The van der Waals surface area contributed by atoms with Gasteiger partial charge in [-0.25, -0.2) is 9.59 Å². The molecule has 3 atom stereocenters. The number of aliphatic hydroxyl groups is 1. The molecule has 0 spiro atoms. The van der Waals surface area contributed by atoms with Gasteiger partial charge >= 0.3 is 12.0 Å². The van der Waals surface area contributed by atoms with Gasteiger partial charge in [-0.05, 0) is 32.1 Å². The summed E-state index contributed by atoms with van der Waals surface area (Å²) < 4.78 is 0. The molecule has 2 aliphatic heterocycles. The van der Waals surface area contributed by atoms with E-state index in [1.165, 1.54) is 4.90 Å². The molecule has 21 heavy (non-hydrogen) atoms. The molecular weight excluding hydrogens is 292 g/mol. The van der Waals surface area contributed by atoms with Crippen molar-refractivity contribution in [2.75, 3.05) is 18.8 Å². The van der Waals surface area contributed by atoms with Crippen molar-refractivity contribution in [2.45, 2.75) is 50.6 Å². The third-order valence-corrected chi connectivity index (χ3v) is 5.89. The van der Waals surface area contributed by atoms with Crippen LogP contribution in [0.15, 0.2) is 0 Å². The molecule has 0 saturated carbocycles. The molecule has 2 N–H and O–H groups in total. The molecular formula is C14H24N2O4S. The molecule has 2 fully saturated rings. The second kappa shape index (κ2) is 6.87. The number of carbonyl (C=O) groups excluding carboxylic acids is 1. The van der Waals surface area contributed by atoms with Crippen LogP contribution in [0.3, 0.4) is 0 Å². The minimum absolute atomic E-state index is 0.0481. The van der Waals surface area contributed by atoms with Gasteiger partial charge < -0.3 is 15.1 Å². The summed E-state index contributed by atoms with van der Waals surface area (Å²) in [6.07, 6.45) is 1.96. The maximum atomic E-state index is 12.7. The lowest BCUT2D eigenvalue weighted by atomic mass is 9.92. The van der Waals surface area contributed by atoms with Crippen LogP contribution in [0, 0.1) is 5.92 Å². The number of piperidine rings is 1. The van der Waals surface area contributed by atoms with E-state index in [0.717, 1.165) is 19.3 Å². The Labute approximate surface area is 129 Å². The number of aliphatic hydroxyl groups excluding tert-OH is 1. The zero-order valence-electron chi connectivity index (χ0n) is 12.6. The second-order valence-electron chi connectivity index (χ2n) is 5.81. The minimum Gasteiger partial charge on any atom is -0.480 e. The van der Waals surface area contributed by atoms with Gasteiger partial charge in [-0.2, -0.15) is 0 Å². The highest BCUT2D eigenvalue weighted by Gasteiger charge is 2.43. The van der Waals surface area contributed by atoms with Crippen molar-refractivity contribution >= 4 is 23.8 Å². The third-order valence-electron chi connectivity index (χ3n) is 4.44. The van der Waals surface area contributed by atoms with Gasteiger partial charge in [0, 0.05) is 18.8 Å². The molecule has 0 bridgehead atoms. The lowest BCUT2D eigenvalue weighted by molar-refractivity contribution is -0.141. The van der Waals surface area contributed by atoms with Crippen LogP contribution in [0.1, 0.15) is 33.1 Å². The molecule has 0 aromatic heterocycles. The smallest absolute Gasteiger partial charge is 0.327 e. The van der Waals surface area contributed by atoms with E-state index in [2.05, 4.69) is 0 Å². The number of hydrogen-bond acceptors (Lipinski definition) is 4. The maximum absolute atomic E-state index is 12.7. The van der Waals surface area contributed by atoms with Crippen molar-refractivity contribution in [2.24, 2.45) is 5.92 Å². The third kappa shape index (κ3) is 3.45. The van der Waals surface area contributed by atoms with Crippen molar-refractivity contribution in [3.05, 3.63) is 0 Å². The zero-order valence-corrected chi connectivity index (χ0v) is 13.4. The van der Waals surface area contributed by atoms with Crippen LogP contribution in [0.4, 0.5) is 4.79 Å². The molecule has 2 saturated heterocycles. The average molecular weight is 316 g/mol. The van der Waals surface area contributed by atoms with Gasteiger partial charge in [0.15, 0.2) is 0 Å². The Balaban J connectivity index is 2.02. The number of carbonyl (C=O) groups is 2. The van der Waals surface area contributed by atoms with Gasteiger partial charge in [-0.3, -0.25) is 4.90 Å². The van der Waals surface area contributed by atoms with Gasteiger partial charge in [0.05, 0.1) is 11.5 Å². The molecule has 2 rings (SSSR count). The van der Waals surface area contributed by atoms with Gasteiger partial charge in [0.2, 0.25) is 0 Å². The number of thioether (sulfide) groups is 1. The lowest BCUT2D eigenvalue weighted by Gasteiger charge is -2.38. The van der Waals surface area contributed by atoms with Gasteiger partial charge in [0.1, 0.15) is 6.04 Å². The van der Waals surface area contributed by atoms with Gasteiger partial charge in [-0.15, -0.1) is 11.8 Å². The molecule has 0 aromatic carbocycles. The Morgan fingerprint density at radius 3 is 2.43 bits per heavy atom. The van der Waals surface area contributed by atoms with Crippen LogP contribution >= 0.6 is 11.8 Å². The summed E-state index contributed by atoms with van der Waals surface area (Å²) in [6, 6.07) is -0.884. The standard InChI is InChI=1S/C14H24N2O4S/c1-3-12-16(11(8-21-12)13(18)19)14(20)15-6-4-10(5-7-15)9(2)17/h9-12,17H,3-8H2,1-2H3,(H,18,19). The Morgan fingerprint density at radius 2 is 1.95 bits per heavy atom. The van der Waals surface area contributed by atoms with Crippen LogP contribution in [0.2, 0.25) is 0 Å². The number of hydrogen-bond donors (Lipinski definition) is 2. The summed E-state index contributed by atoms with van der Waals surface area (Å²) in [4.78, 5) is 27.3. The number of carboxylic acids is 1. The Hall–Kier alpha value is -0.950. The fraction of sp³-hybridized carbons (Fsp3) is 0.857. The van der Waals surface area contributed by atoms with Crippen LogP contribution < -0.4 is 0 Å². The number of rotatable bonds is 3. The molecule has 120 valence electrons. The molecule has 2 heterocycles. The lowest BCUT2D eigenvalue weighted by Crippen LogP contribution is -2.53. The van der Waals surface area contributed by atoms with Crippen LogP contribution in [0.25, 0.3) is 0 Å². The summed E-state index contributed by atoms with van der Waals surface area (Å²) in [6.45, 7) is 4.95. The Bertz CT molecular complexity index is 396. The maximum Gasteiger partial charge on any atom is 0.327 e. The molecule has 2 aliphatic rings. The predicted molar refractivity (Wildman–Crippen MR) is 81.2 cm³/mol. The van der Waals surface area contributed by atoms with E-state index in [4.69, 9.17) is 0 Å². The van der Waals surface area contributed by atoms with E-state index in [0.29, 0.717) is 18.8 Å². The van der Waals surface area contributed by atoms with Crippen molar-refractivity contribution in [1.29, 1.82) is 0 Å². The van der Waals surface area contributed by atoms with E-state index >= 15 is 0 Å². The Kier molecular flexibility index (Phi) is 5.37. The number of likely N-dealkylation sites (tertiary alicyclic amines) is 1. The number of carboxylic acid groups (broad SMARTS) is 1. The highest BCUT2D eigenvalue weighted by atomic mass is 32.2. The van der Waals surface area contributed by atoms with Crippen molar-refractivity contribution in [3.63, 3.8) is 0 Å². The SMILES string of the molecule is CCC1SCC(C(=O)O)N1C(=O)N1CCC(C(C)O)CC1. The first-order valence-electron chi connectivity index (χ1n) is 7.55. The fourth-order valence-corrected chi connectivity index (χ4v) is 4.40. The van der Waals surface area contributed by atoms with E-state index in [9.17, 15) is 19.8 Å². The highest BCUT2D eigenvalue weighted by Crippen LogP contribution is 2.33. The first kappa shape index (κ1) is 16.4. The highest BCUT2D eigenvalue weighted by molar-refractivity contribution is 8.00. The first-order chi connectivity index (χ1) is 9.95. The number of amides is 2. The fourth-order valence-electron chi connectivity index (χ4n) is 3.06. The van der Waals surface area contributed by atoms with Crippen LogP contribution in [-0.4, -0.2) is 68.4 Å².